The van der Waals surface area contributed by atoms with Gasteiger partial charge in [0.25, 0.3) is 5.56 Å². The van der Waals surface area contributed by atoms with Crippen molar-refractivity contribution in [3.63, 3.8) is 0 Å². The Morgan fingerprint density at radius 1 is 1.39 bits per heavy atom. The van der Waals surface area contributed by atoms with Crippen LogP contribution in [-0.4, -0.2) is 32.6 Å². The summed E-state index contributed by atoms with van der Waals surface area (Å²) in [6.45, 7) is 5.73. The summed E-state index contributed by atoms with van der Waals surface area (Å²) in [5.41, 5.74) is 1.25. The van der Waals surface area contributed by atoms with Crippen molar-refractivity contribution < 1.29 is 14.3 Å². The van der Waals surface area contributed by atoms with Crippen LogP contribution in [0, 0.1) is 12.8 Å². The zero-order valence-corrected chi connectivity index (χ0v) is 18.5. The first-order valence-electron chi connectivity index (χ1n) is 10.1. The quantitative estimate of drug-likeness (QED) is 0.575. The average Bonchev–Trinajstić information content (AvgIpc) is 3.20. The number of hydrogen-bond donors (Lipinski definition) is 0. The van der Waals surface area contributed by atoms with Crippen molar-refractivity contribution in [2.24, 2.45) is 18.0 Å². The molecular weight excluding hydrogens is 416 g/mol. The number of aromatic nitrogens is 3. The van der Waals surface area contributed by atoms with Gasteiger partial charge in [0.05, 0.1) is 23.4 Å². The fraction of sp³-hybridized carbons (Fsp3) is 0.364. The highest BCUT2D eigenvalue weighted by Gasteiger charge is 2.55. The maximum Gasteiger partial charge on any atom is 0.317 e. The van der Waals surface area contributed by atoms with Crippen molar-refractivity contribution in [3.8, 4) is 5.75 Å². The summed E-state index contributed by atoms with van der Waals surface area (Å²) in [6, 6.07) is 6.92. The molecule has 0 radical (unpaired) electrons. The van der Waals surface area contributed by atoms with Crippen LogP contribution < -0.4 is 19.6 Å². The van der Waals surface area contributed by atoms with Crippen LogP contribution in [0.4, 0.5) is 0 Å². The van der Waals surface area contributed by atoms with Crippen LogP contribution in [-0.2, 0) is 16.6 Å². The first kappa shape index (κ1) is 19.7. The highest BCUT2D eigenvalue weighted by molar-refractivity contribution is 7.07. The smallest absolute Gasteiger partial charge is 0.317 e. The number of esters is 1. The second-order valence-electron chi connectivity index (χ2n) is 7.86. The lowest BCUT2D eigenvalue weighted by atomic mass is 9.81. The summed E-state index contributed by atoms with van der Waals surface area (Å²) < 4.78 is 15.5. The molecule has 2 aliphatic rings. The number of thiazole rings is 1. The normalized spacial score (nSPS) is 24.1. The maximum atomic E-state index is 13.5. The number of aryl methyl sites for hydroxylation is 1. The van der Waals surface area contributed by atoms with Crippen LogP contribution in [0.2, 0.25) is 0 Å². The van der Waals surface area contributed by atoms with Crippen LogP contribution in [0.15, 0.2) is 40.2 Å². The van der Waals surface area contributed by atoms with Gasteiger partial charge in [-0.25, -0.2) is 4.99 Å². The lowest BCUT2D eigenvalue weighted by Crippen LogP contribution is -2.58. The van der Waals surface area contributed by atoms with Crippen LogP contribution >= 0.6 is 11.3 Å². The molecule has 0 fully saturated rings. The van der Waals surface area contributed by atoms with Crippen LogP contribution in [0.25, 0.3) is 6.08 Å². The fourth-order valence-corrected chi connectivity index (χ4v) is 5.42. The molecule has 2 aromatic heterocycles. The summed E-state index contributed by atoms with van der Waals surface area (Å²) in [5.74, 6) is -0.572. The van der Waals surface area contributed by atoms with E-state index in [2.05, 4.69) is 5.10 Å². The van der Waals surface area contributed by atoms with Gasteiger partial charge in [0.15, 0.2) is 4.80 Å². The Hall–Kier alpha value is -3.20. The number of carbonyl (C=O) groups is 1. The molecule has 5 rings (SSSR count). The second kappa shape index (κ2) is 6.91. The number of benzene rings is 1. The molecule has 31 heavy (non-hydrogen) atoms. The highest BCUT2D eigenvalue weighted by Crippen LogP contribution is 2.47. The third kappa shape index (κ3) is 2.87. The first-order valence-corrected chi connectivity index (χ1v) is 10.9. The van der Waals surface area contributed by atoms with Gasteiger partial charge in [-0.15, -0.1) is 0 Å². The lowest BCUT2D eigenvalue weighted by molar-refractivity contribution is -0.160. The number of hydrogen-bond acceptors (Lipinski definition) is 7. The van der Waals surface area contributed by atoms with Gasteiger partial charge >= 0.3 is 5.97 Å². The summed E-state index contributed by atoms with van der Waals surface area (Å²) in [7, 11) is 1.86. The Kier molecular flexibility index (Phi) is 4.40. The van der Waals surface area contributed by atoms with Gasteiger partial charge in [0.2, 0.25) is 5.72 Å². The Labute approximate surface area is 182 Å². The van der Waals surface area contributed by atoms with Crippen molar-refractivity contribution in [1.82, 2.24) is 14.3 Å². The molecule has 0 saturated carbocycles. The van der Waals surface area contributed by atoms with Crippen LogP contribution in [0.3, 0.4) is 0 Å². The zero-order chi connectivity index (χ0) is 21.9. The highest BCUT2D eigenvalue weighted by atomic mass is 32.1. The van der Waals surface area contributed by atoms with E-state index in [0.29, 0.717) is 15.1 Å². The lowest BCUT2D eigenvalue weighted by Gasteiger charge is -2.44. The predicted molar refractivity (Wildman–Crippen MR) is 115 cm³/mol. The van der Waals surface area contributed by atoms with E-state index in [1.54, 1.807) is 29.3 Å². The van der Waals surface area contributed by atoms with E-state index in [1.165, 1.54) is 11.3 Å². The van der Waals surface area contributed by atoms with Crippen LogP contribution in [0.5, 0.6) is 5.75 Å². The van der Waals surface area contributed by atoms with E-state index < -0.39 is 23.7 Å². The summed E-state index contributed by atoms with van der Waals surface area (Å²) in [5, 5.41) is 4.25. The minimum Gasteiger partial charge on any atom is -0.466 e. The number of fused-ring (bicyclic) bond motifs is 6. The SMILES string of the molecule is CCOC(=O)[C@H]1[C@H]2c3ccccc3O[C@]1(C)N=c1s/c(=C/c3cnn(C)c3C)c(=O)n12. The molecule has 0 aliphatic carbocycles. The molecule has 0 saturated heterocycles. The Balaban J connectivity index is 1.79. The molecule has 1 aromatic carbocycles. The average molecular weight is 439 g/mol. The van der Waals surface area contributed by atoms with E-state index >= 15 is 0 Å². The Morgan fingerprint density at radius 2 is 2.16 bits per heavy atom. The molecule has 0 amide bonds. The van der Waals surface area contributed by atoms with E-state index in [9.17, 15) is 9.59 Å². The third-order valence-electron chi connectivity index (χ3n) is 5.98. The number of ether oxygens (including phenoxy) is 2. The standard InChI is InChI=1S/C22H22N4O4S/c1-5-29-20(28)17-18-14-8-6-7-9-15(14)30-22(17,3)24-21-26(18)19(27)16(31-21)10-13-11-23-25(4)12(13)2/h6-11,17-18H,5H2,1-4H3/b16-10+/t17-,18-,22+/m1/s1. The molecule has 3 aromatic rings. The molecule has 0 N–H and O–H groups in total. The van der Waals surface area contributed by atoms with Gasteiger partial charge in [-0.3, -0.25) is 18.8 Å². The van der Waals surface area contributed by atoms with Crippen molar-refractivity contribution in [3.05, 3.63) is 67.0 Å². The van der Waals surface area contributed by atoms with Crippen molar-refractivity contribution >= 4 is 23.4 Å². The minimum atomic E-state index is -1.16. The molecule has 2 aliphatic heterocycles. The Morgan fingerprint density at radius 3 is 2.87 bits per heavy atom. The van der Waals surface area contributed by atoms with Gasteiger partial charge in [0, 0.05) is 23.9 Å². The minimum absolute atomic E-state index is 0.190. The molecular formula is C22H22N4O4S. The van der Waals surface area contributed by atoms with Gasteiger partial charge in [-0.05, 0) is 32.9 Å². The molecule has 2 bridgehead atoms. The molecule has 0 unspecified atom stereocenters. The second-order valence-corrected chi connectivity index (χ2v) is 8.87. The van der Waals surface area contributed by atoms with E-state index in [0.717, 1.165) is 16.8 Å². The molecule has 8 nitrogen and oxygen atoms in total. The fourth-order valence-electron chi connectivity index (χ4n) is 4.33. The summed E-state index contributed by atoms with van der Waals surface area (Å²) in [4.78, 5) is 31.8. The van der Waals surface area contributed by atoms with E-state index in [1.807, 2.05) is 44.3 Å². The Bertz CT molecular complexity index is 1390. The van der Waals surface area contributed by atoms with E-state index in [4.69, 9.17) is 14.5 Å². The number of carbonyl (C=O) groups excluding carboxylic acids is 1. The summed E-state index contributed by atoms with van der Waals surface area (Å²) >= 11 is 1.29. The first-order chi connectivity index (χ1) is 14.8. The predicted octanol–water partition coefficient (Wildman–Crippen LogP) is 1.29. The van der Waals surface area contributed by atoms with Gasteiger partial charge in [0.1, 0.15) is 11.7 Å². The summed E-state index contributed by atoms with van der Waals surface area (Å²) in [6.07, 6.45) is 3.56. The number of nitrogens with zero attached hydrogens (tertiary/aromatic N) is 4. The van der Waals surface area contributed by atoms with Gasteiger partial charge in [-0.1, -0.05) is 29.5 Å². The molecule has 9 heteroatoms. The van der Waals surface area contributed by atoms with E-state index in [-0.39, 0.29) is 12.2 Å². The molecule has 160 valence electrons. The van der Waals surface area contributed by atoms with Crippen LogP contribution in [0.1, 0.15) is 36.7 Å². The molecule has 0 spiro atoms. The topological polar surface area (TPSA) is 87.7 Å². The van der Waals surface area contributed by atoms with Gasteiger partial charge in [-0.2, -0.15) is 5.10 Å². The molecule has 4 heterocycles. The van der Waals surface area contributed by atoms with Gasteiger partial charge < -0.3 is 9.47 Å². The zero-order valence-electron chi connectivity index (χ0n) is 17.7. The number of rotatable bonds is 3. The maximum absolute atomic E-state index is 13.5. The largest absolute Gasteiger partial charge is 0.466 e. The monoisotopic (exact) mass is 438 g/mol. The molecule has 3 atom stereocenters. The number of para-hydroxylation sites is 1. The van der Waals surface area contributed by atoms with Crippen molar-refractivity contribution in [1.29, 1.82) is 0 Å². The van der Waals surface area contributed by atoms with Crippen molar-refractivity contribution in [2.75, 3.05) is 6.61 Å². The van der Waals surface area contributed by atoms with Crippen molar-refractivity contribution in [2.45, 2.75) is 32.5 Å². The third-order valence-corrected chi connectivity index (χ3v) is 6.96.